The predicted molar refractivity (Wildman–Crippen MR) is 387 cm³/mol. The van der Waals surface area contributed by atoms with E-state index in [0.717, 1.165) is 169 Å². The highest BCUT2D eigenvalue weighted by atomic mass is 32.1. The Morgan fingerprint density at radius 3 is 2.34 bits per heavy atom. The average molecular weight is 1400 g/mol. The fraction of sp³-hybridized carbons (Fsp3) is 0.579. The molecule has 7 heterocycles. The number of hydrogen-bond donors (Lipinski definition) is 5. The number of carboxylic acids is 1. The number of likely N-dealkylation sites (N-methyl/N-ethyl adjacent to an activating group) is 1. The van der Waals surface area contributed by atoms with Crippen LogP contribution in [0.15, 0.2) is 66.3 Å². The molecule has 7 aromatic rings. The van der Waals surface area contributed by atoms with Gasteiger partial charge in [0.15, 0.2) is 28.1 Å². The Kier molecular flexibility index (Phi) is 20.1. The number of alkyl halides is 1. The van der Waals surface area contributed by atoms with E-state index in [1.54, 1.807) is 43.4 Å². The lowest BCUT2D eigenvalue weighted by Gasteiger charge is -2.69. The number of aryl methyl sites for hydroxylation is 1. The number of nitrogens with zero attached hydrogens (tertiary/aromatic N) is 10. The summed E-state index contributed by atoms with van der Waals surface area (Å²) in [6, 6.07) is 15.7. The number of likely N-dealkylation sites (tertiary alicyclic amines) is 1. The number of rotatable bonds is 29. The van der Waals surface area contributed by atoms with Crippen LogP contribution in [-0.4, -0.2) is 155 Å². The number of nitrogens with one attached hydrogen (secondary N) is 3. The number of carbonyl (C=O) groups excluding carboxylic acids is 3. The first-order valence-corrected chi connectivity index (χ1v) is 37.7. The zero-order valence-electron chi connectivity index (χ0n) is 59.5. The summed E-state index contributed by atoms with van der Waals surface area (Å²) in [6.07, 6.45) is 17.0. The number of aromatic carboxylic acids is 1. The molecule has 5 aliphatic carbocycles. The summed E-state index contributed by atoms with van der Waals surface area (Å²) in [5, 5.41) is 45.6. The Labute approximate surface area is 593 Å². The summed E-state index contributed by atoms with van der Waals surface area (Å²) < 4.78 is 31.7. The zero-order valence-corrected chi connectivity index (χ0v) is 61.1. The van der Waals surface area contributed by atoms with Crippen molar-refractivity contribution in [2.75, 3.05) is 56.7 Å². The van der Waals surface area contributed by atoms with Crippen molar-refractivity contribution in [2.45, 2.75) is 214 Å². The Hall–Kier alpha value is -7.51. The van der Waals surface area contributed by atoms with Crippen LogP contribution in [-0.2, 0) is 38.6 Å². The van der Waals surface area contributed by atoms with Crippen LogP contribution < -0.4 is 25.6 Å². The molecule has 1 saturated heterocycles. The molecule has 0 spiro atoms. The first-order chi connectivity index (χ1) is 47.7. The quantitative estimate of drug-likeness (QED) is 0.0273. The fourth-order valence-corrected chi connectivity index (χ4v) is 19.6. The van der Waals surface area contributed by atoms with Crippen molar-refractivity contribution in [3.05, 3.63) is 100 Å². The van der Waals surface area contributed by atoms with Crippen LogP contribution in [0.25, 0.3) is 31.8 Å². The highest BCUT2D eigenvalue weighted by molar-refractivity contribution is 7.22. The number of carbonyl (C=O) groups is 4. The maximum atomic E-state index is 14.8. The van der Waals surface area contributed by atoms with Crippen LogP contribution in [0.2, 0.25) is 0 Å². The number of hydrogen-bond acceptors (Lipinski definition) is 18. The Bertz CT molecular complexity index is 4150. The van der Waals surface area contributed by atoms with Gasteiger partial charge in [-0.15, -0.1) is 21.5 Å². The van der Waals surface area contributed by atoms with E-state index in [2.05, 4.69) is 69.5 Å². The standard InChI is InChI=1S/C76H98FN13O8S2/c1-47-53-20-19-30-88(65(53)86-85-64(47)84-70-81-56-21-15-16-22-59(56)100-70)60-26-25-54(61(82-60)68(94)95)55-37-80-90(49(55)3)45-74-40-72(7)39-73(8,41-74)43-75(42-72,44-74)98-33-31-87(9)29-17-13-11-10-12-14-18-32-97-58-34-50(62-48(2)79-46-99-62)23-24-51(58)36-78-66(92)57-35-52(91)38-89(57)67(93)63(71(4,5)6)83-69(96)76(77)27-28-76/h15-16,21-26,34,37,46,52,57,63,91H,10-14,17-20,27-33,35-36,38-45H2,1-9H3,(H,78,92)(H,83,96)(H,94,95)(H,81,84,85)/t52-,57+,63-,72?,73?,74?,75?/m1/s1. The molecular weight excluding hydrogens is 1310 g/mol. The average Bonchev–Trinajstić information content (AvgIpc) is 0.861. The van der Waals surface area contributed by atoms with Gasteiger partial charge >= 0.3 is 5.97 Å². The molecule has 21 nitrogen and oxygen atoms in total. The molecule has 24 heteroatoms. The minimum atomic E-state index is -1.97. The fourth-order valence-electron chi connectivity index (χ4n) is 17.9. The molecule has 6 fully saturated rings. The summed E-state index contributed by atoms with van der Waals surface area (Å²) >= 11 is 3.13. The maximum Gasteiger partial charge on any atom is 0.355 e. The van der Waals surface area contributed by atoms with E-state index < -0.39 is 53.0 Å². The summed E-state index contributed by atoms with van der Waals surface area (Å²) in [6.45, 7) is 20.9. The van der Waals surface area contributed by atoms with Gasteiger partial charge in [0.25, 0.3) is 5.91 Å². The Morgan fingerprint density at radius 2 is 1.62 bits per heavy atom. The minimum absolute atomic E-state index is 0.0103. The molecule has 5 N–H and O–H groups in total. The van der Waals surface area contributed by atoms with Gasteiger partial charge in [-0.2, -0.15) is 5.10 Å². The number of pyridine rings is 1. The molecule has 2 unspecified atom stereocenters. The lowest BCUT2D eigenvalue weighted by atomic mass is 9.39. The second kappa shape index (κ2) is 28.4. The number of thiazole rings is 2. The number of unbranched alkanes of at least 4 members (excludes halogenated alkanes) is 6. The van der Waals surface area contributed by atoms with E-state index in [-0.39, 0.29) is 59.9 Å². The second-order valence-corrected chi connectivity index (χ2v) is 33.7. The third kappa shape index (κ3) is 15.2. The Balaban J connectivity index is 0.561. The molecular formula is C76H98FN13O8S2. The van der Waals surface area contributed by atoms with Crippen molar-refractivity contribution in [3.63, 3.8) is 0 Å². The number of aromatic nitrogens is 7. The first-order valence-electron chi connectivity index (χ1n) is 36.0. The summed E-state index contributed by atoms with van der Waals surface area (Å²) in [7, 11) is 2.21. The number of aliphatic hydroxyl groups excluding tert-OH is 1. The van der Waals surface area contributed by atoms with Gasteiger partial charge in [0, 0.05) is 72.7 Å². The summed E-state index contributed by atoms with van der Waals surface area (Å²) in [5.41, 5.74) is 7.03. The van der Waals surface area contributed by atoms with E-state index in [9.17, 15) is 33.8 Å². The molecule has 2 aliphatic heterocycles. The highest BCUT2D eigenvalue weighted by Crippen LogP contribution is 2.72. The predicted octanol–water partition coefficient (Wildman–Crippen LogP) is 13.4. The van der Waals surface area contributed by atoms with E-state index >= 15 is 0 Å². The van der Waals surface area contributed by atoms with Crippen LogP contribution in [0.4, 0.5) is 27.0 Å². The third-order valence-corrected chi connectivity index (χ3v) is 23.9. The van der Waals surface area contributed by atoms with Gasteiger partial charge in [-0.1, -0.05) is 102 Å². The monoisotopic (exact) mass is 1400 g/mol. The zero-order chi connectivity index (χ0) is 70.5. The molecule has 4 bridgehead atoms. The molecule has 100 heavy (non-hydrogen) atoms. The number of benzene rings is 2. The molecule has 5 atom stereocenters. The second-order valence-electron chi connectivity index (χ2n) is 31.8. The van der Waals surface area contributed by atoms with Crippen molar-refractivity contribution in [2.24, 2.45) is 21.7 Å². The van der Waals surface area contributed by atoms with Gasteiger partial charge in [-0.05, 0) is 169 Å². The smallest absolute Gasteiger partial charge is 0.355 e. The number of anilines is 4. The normalized spacial score (nSPS) is 23.8. The number of carboxylic acid groups (broad SMARTS) is 1. The maximum absolute atomic E-state index is 14.8. The van der Waals surface area contributed by atoms with E-state index in [0.29, 0.717) is 48.5 Å². The van der Waals surface area contributed by atoms with Crippen molar-refractivity contribution < 1.29 is 43.3 Å². The van der Waals surface area contributed by atoms with Crippen molar-refractivity contribution in [1.29, 1.82) is 0 Å². The van der Waals surface area contributed by atoms with Gasteiger partial charge in [-0.3, -0.25) is 19.1 Å². The summed E-state index contributed by atoms with van der Waals surface area (Å²) in [5.74, 6) is -0.353. The molecule has 3 amide bonds. The van der Waals surface area contributed by atoms with Crippen LogP contribution in [0.5, 0.6) is 5.75 Å². The minimum Gasteiger partial charge on any atom is -0.493 e. The molecule has 7 aliphatic rings. The van der Waals surface area contributed by atoms with Gasteiger partial charge in [0.05, 0.1) is 57.4 Å². The SMILES string of the molecule is Cc1ncsc1-c1ccc(CNC(=O)[C@@H]2C[C@@H](O)CN2C(=O)[C@@H](NC(=O)C2(F)CC2)C(C)(C)C)c(OCCCCCCCCCN(C)CCOC23CC4(C)CC(C)(CC(Cn5ncc(-c6ccc(N7CCCc8c7nnc(Nc7nc9ccccc9s7)c8C)nc6C(=O)O)c5C)(C4)C2)C3)c1. The topological polar surface area (TPSA) is 255 Å². The van der Waals surface area contributed by atoms with Crippen LogP contribution in [0.1, 0.15) is 182 Å². The van der Waals surface area contributed by atoms with Crippen molar-refractivity contribution in [3.8, 4) is 27.3 Å². The number of fused-ring (bicyclic) bond motifs is 2. The van der Waals surface area contributed by atoms with Crippen LogP contribution in [0.3, 0.4) is 0 Å². The molecule has 0 radical (unpaired) electrons. The van der Waals surface area contributed by atoms with Gasteiger partial charge < -0.3 is 50.3 Å². The van der Waals surface area contributed by atoms with Crippen LogP contribution >= 0.6 is 22.7 Å². The number of β-amino-alcohol motifs (C(OH)–C–C–N with tert-alkyl or cyclic N) is 1. The molecule has 5 aromatic heterocycles. The number of ether oxygens (including phenoxy) is 2. The van der Waals surface area contributed by atoms with Crippen LogP contribution in [0, 0.1) is 42.4 Å². The number of amides is 3. The number of para-hydroxylation sites is 1. The van der Waals surface area contributed by atoms with Gasteiger partial charge in [-0.25, -0.2) is 24.1 Å². The highest BCUT2D eigenvalue weighted by Gasteiger charge is 2.66. The van der Waals surface area contributed by atoms with E-state index in [1.165, 1.54) is 11.3 Å². The molecule has 14 rings (SSSR count). The van der Waals surface area contributed by atoms with Gasteiger partial charge in [0.1, 0.15) is 23.7 Å². The number of halogens is 1. The third-order valence-electron chi connectivity index (χ3n) is 22.0. The number of aliphatic hydroxyl groups is 1. The lowest BCUT2D eigenvalue weighted by Crippen LogP contribution is -2.64. The first kappa shape index (κ1) is 70.9. The largest absolute Gasteiger partial charge is 0.493 e. The van der Waals surface area contributed by atoms with Crippen molar-refractivity contribution >= 4 is 79.2 Å². The lowest BCUT2D eigenvalue weighted by molar-refractivity contribution is -0.248. The summed E-state index contributed by atoms with van der Waals surface area (Å²) in [4.78, 5) is 74.8. The molecule has 2 aromatic carbocycles. The van der Waals surface area contributed by atoms with E-state index in [1.807, 2.05) is 79.0 Å². The van der Waals surface area contributed by atoms with Crippen molar-refractivity contribution in [1.82, 2.24) is 55.4 Å². The van der Waals surface area contributed by atoms with E-state index in [4.69, 9.17) is 29.6 Å². The van der Waals surface area contributed by atoms with Gasteiger partial charge in [0.2, 0.25) is 11.8 Å². The molecule has 5 saturated carbocycles. The molecule has 534 valence electrons. The Morgan fingerprint density at radius 1 is 0.870 bits per heavy atom.